The molecule has 1 aromatic heterocycles. The highest BCUT2D eigenvalue weighted by atomic mass is 16.4. The number of hydrogen-bond acceptors (Lipinski definition) is 4. The van der Waals surface area contributed by atoms with Crippen molar-refractivity contribution >= 4 is 17.6 Å². The van der Waals surface area contributed by atoms with Gasteiger partial charge in [-0.05, 0) is 6.07 Å². The first kappa shape index (κ1) is 12.9. The quantitative estimate of drug-likeness (QED) is 0.631. The van der Waals surface area contributed by atoms with Crippen LogP contribution in [0.5, 0.6) is 0 Å². The summed E-state index contributed by atoms with van der Waals surface area (Å²) in [5, 5.41) is 10.9. The summed E-state index contributed by atoms with van der Waals surface area (Å²) < 4.78 is 1.29. The molecule has 0 aliphatic heterocycles. The van der Waals surface area contributed by atoms with Gasteiger partial charge in [0.05, 0.1) is 18.2 Å². The first-order valence-electron chi connectivity index (χ1n) is 4.85. The van der Waals surface area contributed by atoms with Crippen LogP contribution >= 0.6 is 0 Å². The number of hydrogen-bond donors (Lipinski definition) is 3. The molecule has 0 saturated heterocycles. The molecule has 0 saturated carbocycles. The second kappa shape index (κ2) is 5.26. The summed E-state index contributed by atoms with van der Waals surface area (Å²) in [6, 6.07) is 1.59. The van der Waals surface area contributed by atoms with Gasteiger partial charge in [-0.2, -0.15) is 0 Å². The summed E-state index contributed by atoms with van der Waals surface area (Å²) in [4.78, 5) is 32.9. The summed E-state index contributed by atoms with van der Waals surface area (Å²) in [7, 11) is 1.54. The van der Waals surface area contributed by atoms with Crippen LogP contribution in [0.25, 0.3) is 0 Å². The van der Waals surface area contributed by atoms with E-state index in [0.717, 1.165) is 0 Å². The summed E-state index contributed by atoms with van der Waals surface area (Å²) in [6.45, 7) is 0. The van der Waals surface area contributed by atoms with Crippen LogP contribution in [0, 0.1) is 0 Å². The standard InChI is InChI=1S/C10H13N3O4/c1-13-5-6(2-3-8(13)14)12-10(17)7(11)4-9(15)16/h2-3,5,7H,4,11H2,1H3,(H,12,17)(H,15,16). The molecule has 17 heavy (non-hydrogen) atoms. The number of carboxylic acid groups (broad SMARTS) is 1. The highest BCUT2D eigenvalue weighted by Crippen LogP contribution is 2.03. The van der Waals surface area contributed by atoms with Gasteiger partial charge in [0.15, 0.2) is 0 Å². The monoisotopic (exact) mass is 239 g/mol. The average Bonchev–Trinajstić information content (AvgIpc) is 2.22. The molecule has 0 aliphatic rings. The summed E-state index contributed by atoms with van der Waals surface area (Å²) >= 11 is 0. The van der Waals surface area contributed by atoms with E-state index in [0.29, 0.717) is 5.69 Å². The fourth-order valence-electron chi connectivity index (χ4n) is 1.18. The second-order valence-corrected chi connectivity index (χ2v) is 3.56. The van der Waals surface area contributed by atoms with Crippen LogP contribution in [-0.4, -0.2) is 27.6 Å². The lowest BCUT2D eigenvalue weighted by atomic mass is 10.2. The van der Waals surface area contributed by atoms with Crippen LogP contribution in [0.15, 0.2) is 23.1 Å². The Morgan fingerprint density at radius 2 is 2.18 bits per heavy atom. The predicted molar refractivity (Wildman–Crippen MR) is 60.5 cm³/mol. The number of carbonyl (C=O) groups is 2. The number of nitrogens with two attached hydrogens (primary N) is 1. The molecule has 0 spiro atoms. The third kappa shape index (κ3) is 3.72. The molecule has 1 rings (SSSR count). The molecular weight excluding hydrogens is 226 g/mol. The van der Waals surface area contributed by atoms with E-state index in [-0.39, 0.29) is 5.56 Å². The lowest BCUT2D eigenvalue weighted by Crippen LogP contribution is -2.37. The molecule has 7 nitrogen and oxygen atoms in total. The molecule has 4 N–H and O–H groups in total. The van der Waals surface area contributed by atoms with E-state index >= 15 is 0 Å². The third-order valence-corrected chi connectivity index (χ3v) is 2.08. The highest BCUT2D eigenvalue weighted by Gasteiger charge is 2.17. The van der Waals surface area contributed by atoms with Crippen molar-refractivity contribution < 1.29 is 14.7 Å². The van der Waals surface area contributed by atoms with E-state index in [1.165, 1.54) is 29.9 Å². The van der Waals surface area contributed by atoms with Gasteiger partial charge in [0.25, 0.3) is 0 Å². The summed E-state index contributed by atoms with van der Waals surface area (Å²) in [5.41, 5.74) is 5.55. The first-order valence-corrected chi connectivity index (χ1v) is 4.85. The van der Waals surface area contributed by atoms with Crippen molar-refractivity contribution in [2.24, 2.45) is 12.8 Å². The van der Waals surface area contributed by atoms with Gasteiger partial charge in [-0.15, -0.1) is 0 Å². The smallest absolute Gasteiger partial charge is 0.305 e. The van der Waals surface area contributed by atoms with Gasteiger partial charge in [-0.3, -0.25) is 14.4 Å². The summed E-state index contributed by atoms with van der Waals surface area (Å²) in [5.74, 6) is -1.75. The van der Waals surface area contributed by atoms with Gasteiger partial charge in [-0.1, -0.05) is 0 Å². The van der Waals surface area contributed by atoms with Crippen molar-refractivity contribution in [3.05, 3.63) is 28.7 Å². The van der Waals surface area contributed by atoms with Crippen molar-refractivity contribution in [2.45, 2.75) is 12.5 Å². The second-order valence-electron chi connectivity index (χ2n) is 3.56. The Morgan fingerprint density at radius 1 is 1.53 bits per heavy atom. The van der Waals surface area contributed by atoms with Crippen LogP contribution in [0.3, 0.4) is 0 Å². The maximum absolute atomic E-state index is 11.5. The van der Waals surface area contributed by atoms with Crippen molar-refractivity contribution in [1.82, 2.24) is 4.57 Å². The van der Waals surface area contributed by atoms with Crippen LogP contribution in [0.4, 0.5) is 5.69 Å². The van der Waals surface area contributed by atoms with Gasteiger partial charge in [0, 0.05) is 19.3 Å². The van der Waals surface area contributed by atoms with Crippen molar-refractivity contribution in [1.29, 1.82) is 0 Å². The number of aromatic nitrogens is 1. The number of amides is 1. The molecule has 0 bridgehead atoms. The highest BCUT2D eigenvalue weighted by molar-refractivity contribution is 5.96. The fourth-order valence-corrected chi connectivity index (χ4v) is 1.18. The Hall–Kier alpha value is -2.15. The minimum absolute atomic E-state index is 0.210. The fraction of sp³-hybridized carbons (Fsp3) is 0.300. The van der Waals surface area contributed by atoms with Crippen LogP contribution in [-0.2, 0) is 16.6 Å². The first-order chi connectivity index (χ1) is 7.90. The zero-order chi connectivity index (χ0) is 13.0. The predicted octanol–water partition coefficient (Wildman–Crippen LogP) is -0.874. The molecular formula is C10H13N3O4. The molecule has 1 atom stereocenters. The van der Waals surface area contributed by atoms with Crippen molar-refractivity contribution in [2.75, 3.05) is 5.32 Å². The number of pyridine rings is 1. The van der Waals surface area contributed by atoms with Crippen molar-refractivity contribution in [3.63, 3.8) is 0 Å². The van der Waals surface area contributed by atoms with Gasteiger partial charge in [-0.25, -0.2) is 0 Å². The van der Waals surface area contributed by atoms with E-state index in [9.17, 15) is 14.4 Å². The maximum Gasteiger partial charge on any atom is 0.305 e. The zero-order valence-corrected chi connectivity index (χ0v) is 9.21. The SMILES string of the molecule is Cn1cc(NC(=O)C(N)CC(=O)O)ccc1=O. The minimum Gasteiger partial charge on any atom is -0.481 e. The Morgan fingerprint density at radius 3 is 2.71 bits per heavy atom. The largest absolute Gasteiger partial charge is 0.481 e. The Kier molecular flexibility index (Phi) is 4.00. The Balaban J connectivity index is 2.71. The molecule has 92 valence electrons. The van der Waals surface area contributed by atoms with Crippen LogP contribution in [0.2, 0.25) is 0 Å². The van der Waals surface area contributed by atoms with Crippen LogP contribution in [0.1, 0.15) is 6.42 Å². The average molecular weight is 239 g/mol. The molecule has 7 heteroatoms. The topological polar surface area (TPSA) is 114 Å². The van der Waals surface area contributed by atoms with Crippen LogP contribution < -0.4 is 16.6 Å². The summed E-state index contributed by atoms with van der Waals surface area (Å²) in [6.07, 6.45) is 0.977. The molecule has 1 amide bonds. The Bertz CT molecular complexity index is 495. The number of nitrogens with one attached hydrogen (secondary N) is 1. The zero-order valence-electron chi connectivity index (χ0n) is 9.21. The number of aryl methyl sites for hydroxylation is 1. The molecule has 1 aromatic rings. The van der Waals surface area contributed by atoms with Gasteiger partial charge >= 0.3 is 5.97 Å². The normalized spacial score (nSPS) is 11.9. The molecule has 0 radical (unpaired) electrons. The number of anilines is 1. The number of nitrogens with zero attached hydrogens (tertiary/aromatic N) is 1. The lowest BCUT2D eigenvalue weighted by molar-refractivity contribution is -0.138. The maximum atomic E-state index is 11.5. The van der Waals surface area contributed by atoms with E-state index in [2.05, 4.69) is 5.32 Å². The lowest BCUT2D eigenvalue weighted by Gasteiger charge is -2.10. The van der Waals surface area contributed by atoms with Gasteiger partial charge < -0.3 is 20.7 Å². The third-order valence-electron chi connectivity index (χ3n) is 2.08. The van der Waals surface area contributed by atoms with Gasteiger partial charge in [0.1, 0.15) is 0 Å². The van der Waals surface area contributed by atoms with E-state index in [1.807, 2.05) is 0 Å². The Labute approximate surface area is 96.9 Å². The molecule has 1 unspecified atom stereocenters. The minimum atomic E-state index is -1.15. The number of aliphatic carboxylic acids is 1. The van der Waals surface area contributed by atoms with Gasteiger partial charge in [0.2, 0.25) is 11.5 Å². The van der Waals surface area contributed by atoms with Crippen molar-refractivity contribution in [3.8, 4) is 0 Å². The van der Waals surface area contributed by atoms with E-state index in [4.69, 9.17) is 10.8 Å². The molecule has 0 aliphatic carbocycles. The number of carboxylic acids is 1. The van der Waals surface area contributed by atoms with E-state index < -0.39 is 24.3 Å². The number of carbonyl (C=O) groups excluding carboxylic acids is 1. The van der Waals surface area contributed by atoms with E-state index in [1.54, 1.807) is 0 Å². The molecule has 0 fully saturated rings. The molecule has 0 aromatic carbocycles. The number of rotatable bonds is 4. The molecule has 1 heterocycles.